The molecule has 18 heavy (non-hydrogen) atoms. The SMILES string of the molecule is N#CCCC[Si](OCCO)(OCCO)OCCO. The Bertz CT molecular complexity index is 213. The summed E-state index contributed by atoms with van der Waals surface area (Å²) < 4.78 is 16.3. The lowest BCUT2D eigenvalue weighted by Crippen LogP contribution is -2.47. The predicted octanol–water partition coefficient (Wildman–Crippen LogP) is -0.744. The first-order valence-corrected chi connectivity index (χ1v) is 7.79. The van der Waals surface area contributed by atoms with E-state index in [0.717, 1.165) is 0 Å². The van der Waals surface area contributed by atoms with Crippen LogP contribution in [-0.4, -0.2) is 63.8 Å². The molecule has 0 aromatic rings. The van der Waals surface area contributed by atoms with E-state index >= 15 is 0 Å². The lowest BCUT2D eigenvalue weighted by molar-refractivity contribution is 0.0277. The highest BCUT2D eigenvalue weighted by atomic mass is 28.4. The van der Waals surface area contributed by atoms with Crippen molar-refractivity contribution < 1.29 is 28.6 Å². The van der Waals surface area contributed by atoms with Gasteiger partial charge in [0.2, 0.25) is 0 Å². The zero-order chi connectivity index (χ0) is 13.7. The maximum Gasteiger partial charge on any atom is 0.501 e. The molecule has 106 valence electrons. The average molecular weight is 279 g/mol. The second-order valence-corrected chi connectivity index (χ2v) is 6.14. The molecule has 0 aliphatic heterocycles. The van der Waals surface area contributed by atoms with Gasteiger partial charge in [0.25, 0.3) is 0 Å². The Morgan fingerprint density at radius 2 is 1.33 bits per heavy atom. The Balaban J connectivity index is 4.46. The molecule has 0 radical (unpaired) electrons. The molecule has 0 aliphatic carbocycles. The van der Waals surface area contributed by atoms with E-state index in [1.54, 1.807) is 0 Å². The molecule has 0 aromatic carbocycles. The topological polar surface area (TPSA) is 112 Å². The third-order valence-corrected chi connectivity index (χ3v) is 4.91. The Hall–Kier alpha value is -0.533. The quantitative estimate of drug-likeness (QED) is 0.318. The van der Waals surface area contributed by atoms with Gasteiger partial charge in [-0.25, -0.2) is 0 Å². The van der Waals surface area contributed by atoms with Crippen LogP contribution in [0.25, 0.3) is 0 Å². The second kappa shape index (κ2) is 11.6. The van der Waals surface area contributed by atoms with Crippen LogP contribution in [0.15, 0.2) is 0 Å². The van der Waals surface area contributed by atoms with E-state index in [4.69, 9.17) is 33.9 Å². The highest BCUT2D eigenvalue weighted by Crippen LogP contribution is 2.19. The van der Waals surface area contributed by atoms with Gasteiger partial charge < -0.3 is 28.6 Å². The molecule has 0 fully saturated rings. The van der Waals surface area contributed by atoms with E-state index in [1.807, 2.05) is 6.07 Å². The van der Waals surface area contributed by atoms with Gasteiger partial charge in [0.1, 0.15) is 0 Å². The number of nitriles is 1. The minimum atomic E-state index is -3.03. The number of hydrogen-bond acceptors (Lipinski definition) is 7. The molecule has 0 saturated carbocycles. The molecular formula is C10H21NO6Si. The number of rotatable bonds is 12. The fraction of sp³-hybridized carbons (Fsp3) is 0.900. The van der Waals surface area contributed by atoms with Crippen molar-refractivity contribution >= 4 is 8.80 Å². The summed E-state index contributed by atoms with van der Waals surface area (Å²) in [6, 6.07) is 2.43. The first kappa shape index (κ1) is 17.5. The lowest BCUT2D eigenvalue weighted by Gasteiger charge is -2.29. The van der Waals surface area contributed by atoms with Gasteiger partial charge in [0.05, 0.1) is 45.7 Å². The third kappa shape index (κ3) is 7.73. The molecule has 0 spiro atoms. The van der Waals surface area contributed by atoms with E-state index in [1.165, 1.54) is 0 Å². The minimum Gasteiger partial charge on any atom is -0.394 e. The Morgan fingerprint density at radius 3 is 1.67 bits per heavy atom. The standard InChI is InChI=1S/C10H21NO6Si/c11-3-1-2-10-18(15-7-4-12,16-8-5-13)17-9-6-14/h12-14H,1-2,4-10H2. The molecule has 0 amide bonds. The molecule has 0 heterocycles. The highest BCUT2D eigenvalue weighted by Gasteiger charge is 2.40. The summed E-state index contributed by atoms with van der Waals surface area (Å²) in [5, 5.41) is 34.9. The van der Waals surface area contributed by atoms with Crippen molar-refractivity contribution in [2.45, 2.75) is 18.9 Å². The molecular weight excluding hydrogens is 258 g/mol. The maximum absolute atomic E-state index is 8.79. The second-order valence-electron chi connectivity index (χ2n) is 3.41. The monoisotopic (exact) mass is 279 g/mol. The Morgan fingerprint density at radius 1 is 0.889 bits per heavy atom. The van der Waals surface area contributed by atoms with Crippen LogP contribution in [0.1, 0.15) is 12.8 Å². The Labute approximate surface area is 108 Å². The van der Waals surface area contributed by atoms with Gasteiger partial charge in [-0.1, -0.05) is 0 Å². The zero-order valence-electron chi connectivity index (χ0n) is 10.4. The first-order valence-electron chi connectivity index (χ1n) is 5.86. The number of nitrogens with zero attached hydrogens (tertiary/aromatic N) is 1. The van der Waals surface area contributed by atoms with Crippen molar-refractivity contribution in [3.8, 4) is 6.07 Å². The summed E-state index contributed by atoms with van der Waals surface area (Å²) in [4.78, 5) is 0. The number of unbranched alkanes of at least 4 members (excludes halogenated alkanes) is 1. The van der Waals surface area contributed by atoms with Crippen LogP contribution in [-0.2, 0) is 13.3 Å². The van der Waals surface area contributed by atoms with Crippen molar-refractivity contribution in [3.63, 3.8) is 0 Å². The van der Waals surface area contributed by atoms with E-state index < -0.39 is 8.80 Å². The van der Waals surface area contributed by atoms with Crippen LogP contribution in [0, 0.1) is 11.3 Å². The lowest BCUT2D eigenvalue weighted by atomic mass is 10.4. The van der Waals surface area contributed by atoms with Crippen LogP contribution < -0.4 is 0 Å². The van der Waals surface area contributed by atoms with E-state index in [-0.39, 0.29) is 39.6 Å². The molecule has 0 atom stereocenters. The van der Waals surface area contributed by atoms with Crippen LogP contribution in [0.3, 0.4) is 0 Å². The van der Waals surface area contributed by atoms with E-state index in [9.17, 15) is 0 Å². The van der Waals surface area contributed by atoms with Gasteiger partial charge in [0.15, 0.2) is 0 Å². The molecule has 0 bridgehead atoms. The molecule has 0 saturated heterocycles. The van der Waals surface area contributed by atoms with Crippen LogP contribution in [0.4, 0.5) is 0 Å². The van der Waals surface area contributed by atoms with Crippen molar-refractivity contribution in [1.29, 1.82) is 5.26 Å². The normalized spacial score (nSPS) is 11.4. The van der Waals surface area contributed by atoms with Crippen LogP contribution in [0.2, 0.25) is 6.04 Å². The van der Waals surface area contributed by atoms with Gasteiger partial charge in [-0.2, -0.15) is 5.26 Å². The average Bonchev–Trinajstić information content (AvgIpc) is 2.40. The summed E-state index contributed by atoms with van der Waals surface area (Å²) in [5.41, 5.74) is 0. The van der Waals surface area contributed by atoms with Crippen LogP contribution in [0.5, 0.6) is 0 Å². The number of aliphatic hydroxyl groups is 3. The largest absolute Gasteiger partial charge is 0.501 e. The van der Waals surface area contributed by atoms with Gasteiger partial charge >= 0.3 is 8.80 Å². The van der Waals surface area contributed by atoms with Gasteiger partial charge in [-0.3, -0.25) is 0 Å². The molecule has 8 heteroatoms. The summed E-state index contributed by atoms with van der Waals surface area (Å²) in [7, 11) is -3.03. The van der Waals surface area contributed by atoms with Crippen molar-refractivity contribution in [1.82, 2.24) is 0 Å². The van der Waals surface area contributed by atoms with Crippen molar-refractivity contribution in [3.05, 3.63) is 0 Å². The zero-order valence-corrected chi connectivity index (χ0v) is 11.4. The van der Waals surface area contributed by atoms with Crippen molar-refractivity contribution in [2.24, 2.45) is 0 Å². The summed E-state index contributed by atoms with van der Waals surface area (Å²) in [5.74, 6) is 0. The number of hydrogen-bond donors (Lipinski definition) is 3. The first-order chi connectivity index (χ1) is 8.74. The highest BCUT2D eigenvalue weighted by molar-refractivity contribution is 6.60. The third-order valence-electron chi connectivity index (χ3n) is 2.01. The molecule has 0 aromatic heterocycles. The Kier molecular flexibility index (Phi) is 11.2. The van der Waals surface area contributed by atoms with Gasteiger partial charge in [-0.05, 0) is 6.42 Å². The van der Waals surface area contributed by atoms with Crippen molar-refractivity contribution in [2.75, 3.05) is 39.6 Å². The predicted molar refractivity (Wildman–Crippen MR) is 64.5 cm³/mol. The maximum atomic E-state index is 8.79. The van der Waals surface area contributed by atoms with Gasteiger partial charge in [-0.15, -0.1) is 0 Å². The summed E-state index contributed by atoms with van der Waals surface area (Å²) in [6.45, 7) is -0.311. The summed E-state index contributed by atoms with van der Waals surface area (Å²) in [6.07, 6.45) is 0.896. The minimum absolute atomic E-state index is 0.0651. The molecule has 3 N–H and O–H groups in total. The van der Waals surface area contributed by atoms with Gasteiger partial charge in [0, 0.05) is 12.5 Å². The fourth-order valence-electron chi connectivity index (χ4n) is 1.33. The molecule has 0 rings (SSSR count). The van der Waals surface area contributed by atoms with Crippen LogP contribution >= 0.6 is 0 Å². The summed E-state index contributed by atoms with van der Waals surface area (Å²) >= 11 is 0. The smallest absolute Gasteiger partial charge is 0.394 e. The van der Waals surface area contributed by atoms with E-state index in [2.05, 4.69) is 0 Å². The van der Waals surface area contributed by atoms with E-state index in [0.29, 0.717) is 18.9 Å². The fourth-order valence-corrected chi connectivity index (χ4v) is 3.83. The molecule has 0 unspecified atom stereocenters. The molecule has 7 nitrogen and oxygen atoms in total. The molecule has 0 aliphatic rings. The number of aliphatic hydroxyl groups excluding tert-OH is 3.